The van der Waals surface area contributed by atoms with E-state index in [1.807, 2.05) is 6.07 Å². The van der Waals surface area contributed by atoms with Gasteiger partial charge in [0.2, 0.25) is 0 Å². The Bertz CT molecular complexity index is 415. The maximum absolute atomic E-state index is 11.3. The smallest absolute Gasteiger partial charge is 1.00 e. The molecule has 1 aromatic rings. The third kappa shape index (κ3) is 4.66. The Morgan fingerprint density at radius 3 is 1.89 bits per heavy atom. The van der Waals surface area contributed by atoms with Crippen molar-refractivity contribution < 1.29 is 71.1 Å². The van der Waals surface area contributed by atoms with E-state index in [9.17, 15) is 19.8 Å². The Morgan fingerprint density at radius 2 is 1.58 bits per heavy atom. The number of aliphatic carboxylic acids is 2. The van der Waals surface area contributed by atoms with Gasteiger partial charge in [0, 0.05) is 0 Å². The van der Waals surface area contributed by atoms with Crippen LogP contribution in [0, 0.1) is 11.3 Å². The average Bonchev–Trinajstić information content (AvgIpc) is 2.25. The monoisotopic (exact) mass is 268 g/mol. The van der Waals surface area contributed by atoms with Crippen LogP contribution in [-0.2, 0) is 16.0 Å². The SMILES string of the molecule is CC(C)C(Cc1ccccc1)(C(=O)O)C(=O)O.[H-].[H-].[Li+].[Na+]. The van der Waals surface area contributed by atoms with E-state index in [0.717, 1.165) is 0 Å². The van der Waals surface area contributed by atoms with Crippen molar-refractivity contribution in [2.75, 3.05) is 0 Å². The first-order valence-electron chi connectivity index (χ1n) is 5.42. The second kappa shape index (κ2) is 8.83. The molecule has 0 heterocycles. The fourth-order valence-electron chi connectivity index (χ4n) is 1.86. The standard InChI is InChI=1S/C13H16O4.Li.Na.2H/c1-9(2)13(11(14)15,12(16)17)8-10-6-4-3-5-7-10;;;;/h3-7,9H,8H2,1-2H3,(H,14,15)(H,16,17);;;;/q;2*+1;2*-1. The van der Waals surface area contributed by atoms with Gasteiger partial charge in [0.15, 0.2) is 5.41 Å². The zero-order valence-electron chi connectivity index (χ0n) is 13.9. The van der Waals surface area contributed by atoms with Crippen LogP contribution in [0.1, 0.15) is 22.3 Å². The first kappa shape index (κ1) is 21.1. The van der Waals surface area contributed by atoms with Crippen LogP contribution in [0.2, 0.25) is 0 Å². The fourth-order valence-corrected chi connectivity index (χ4v) is 1.86. The fraction of sp³-hybridized carbons (Fsp3) is 0.385. The molecule has 4 nitrogen and oxygen atoms in total. The van der Waals surface area contributed by atoms with Crippen LogP contribution >= 0.6 is 0 Å². The molecule has 2 N–H and O–H groups in total. The molecule has 0 atom stereocenters. The first-order valence-corrected chi connectivity index (χ1v) is 5.42. The van der Waals surface area contributed by atoms with Crippen molar-refractivity contribution >= 4 is 11.9 Å². The number of benzene rings is 1. The Kier molecular flexibility index (Phi) is 9.79. The molecule has 0 aliphatic carbocycles. The Morgan fingerprint density at radius 1 is 1.16 bits per heavy atom. The van der Waals surface area contributed by atoms with Gasteiger partial charge in [-0.05, 0) is 17.9 Å². The molecule has 0 aliphatic rings. The van der Waals surface area contributed by atoms with Crippen molar-refractivity contribution in [1.82, 2.24) is 0 Å². The van der Waals surface area contributed by atoms with Crippen molar-refractivity contribution in [1.29, 1.82) is 0 Å². The summed E-state index contributed by atoms with van der Waals surface area (Å²) in [6.45, 7) is 3.23. The summed E-state index contributed by atoms with van der Waals surface area (Å²) in [6.07, 6.45) is -0.00380. The molecule has 0 bridgehead atoms. The topological polar surface area (TPSA) is 74.6 Å². The van der Waals surface area contributed by atoms with Gasteiger partial charge in [-0.25, -0.2) is 0 Å². The molecule has 0 saturated heterocycles. The number of carboxylic acids is 2. The number of carboxylic acid groups (broad SMARTS) is 2. The average molecular weight is 268 g/mol. The molecule has 6 heteroatoms. The molecular weight excluding hydrogens is 250 g/mol. The zero-order valence-corrected chi connectivity index (χ0v) is 13.9. The van der Waals surface area contributed by atoms with Crippen LogP contribution in [0.4, 0.5) is 0 Å². The van der Waals surface area contributed by atoms with Gasteiger partial charge in [-0.3, -0.25) is 9.59 Å². The van der Waals surface area contributed by atoms with Crippen molar-refractivity contribution in [2.24, 2.45) is 11.3 Å². The summed E-state index contributed by atoms with van der Waals surface area (Å²) in [4.78, 5) is 22.7. The Labute approximate surface area is 150 Å². The van der Waals surface area contributed by atoms with Crippen LogP contribution in [0.25, 0.3) is 0 Å². The summed E-state index contributed by atoms with van der Waals surface area (Å²) in [7, 11) is 0. The normalized spacial score (nSPS) is 10.3. The predicted octanol–water partition coefficient (Wildman–Crippen LogP) is -3.73. The van der Waals surface area contributed by atoms with Crippen LogP contribution < -0.4 is 48.4 Å². The minimum atomic E-state index is -1.76. The molecule has 96 valence electrons. The van der Waals surface area contributed by atoms with Gasteiger partial charge in [-0.2, -0.15) is 0 Å². The Hall–Kier alpha value is -0.243. The van der Waals surface area contributed by atoms with E-state index in [1.165, 1.54) is 0 Å². The summed E-state index contributed by atoms with van der Waals surface area (Å²) in [5.41, 5.74) is -1.05. The van der Waals surface area contributed by atoms with E-state index < -0.39 is 23.3 Å². The van der Waals surface area contributed by atoms with Crippen molar-refractivity contribution in [3.05, 3.63) is 35.9 Å². The molecule has 0 radical (unpaired) electrons. The number of carbonyl (C=O) groups is 2. The summed E-state index contributed by atoms with van der Waals surface area (Å²) >= 11 is 0. The summed E-state index contributed by atoms with van der Waals surface area (Å²) in [5.74, 6) is -3.06. The molecule has 0 unspecified atom stereocenters. The van der Waals surface area contributed by atoms with Gasteiger partial charge in [0.1, 0.15) is 0 Å². The van der Waals surface area contributed by atoms with Gasteiger partial charge in [-0.15, -0.1) is 0 Å². The minimum absolute atomic E-state index is 0. The maximum atomic E-state index is 11.3. The molecular formula is C13H18LiNaO4. The van der Waals surface area contributed by atoms with Gasteiger partial charge >= 0.3 is 60.4 Å². The van der Waals surface area contributed by atoms with E-state index in [1.54, 1.807) is 38.1 Å². The van der Waals surface area contributed by atoms with Crippen LogP contribution in [0.5, 0.6) is 0 Å². The molecule has 19 heavy (non-hydrogen) atoms. The number of hydrogen-bond donors (Lipinski definition) is 2. The number of rotatable bonds is 5. The molecule has 0 spiro atoms. The third-order valence-electron chi connectivity index (χ3n) is 3.07. The quantitative estimate of drug-likeness (QED) is 0.425. The molecule has 1 aromatic carbocycles. The van der Waals surface area contributed by atoms with E-state index in [4.69, 9.17) is 0 Å². The predicted molar refractivity (Wildman–Crippen MR) is 64.9 cm³/mol. The van der Waals surface area contributed by atoms with Gasteiger partial charge in [0.25, 0.3) is 0 Å². The Balaban J connectivity index is -0.000000361. The van der Waals surface area contributed by atoms with Crippen molar-refractivity contribution in [2.45, 2.75) is 20.3 Å². The molecule has 0 fully saturated rings. The molecule has 0 aliphatic heterocycles. The minimum Gasteiger partial charge on any atom is -1.00 e. The van der Waals surface area contributed by atoms with Crippen LogP contribution in [0.15, 0.2) is 30.3 Å². The first-order chi connectivity index (χ1) is 7.91. The summed E-state index contributed by atoms with van der Waals surface area (Å²) in [6, 6.07) is 8.82. The van der Waals surface area contributed by atoms with E-state index >= 15 is 0 Å². The largest absolute Gasteiger partial charge is 1.00 e. The van der Waals surface area contributed by atoms with Gasteiger partial charge in [0.05, 0.1) is 0 Å². The van der Waals surface area contributed by atoms with Crippen LogP contribution in [-0.4, -0.2) is 22.2 Å². The molecule has 0 amide bonds. The van der Waals surface area contributed by atoms with E-state index in [2.05, 4.69) is 0 Å². The van der Waals surface area contributed by atoms with Gasteiger partial charge in [-0.1, -0.05) is 44.2 Å². The maximum Gasteiger partial charge on any atom is 1.00 e. The second-order valence-corrected chi connectivity index (χ2v) is 4.40. The van der Waals surface area contributed by atoms with Crippen LogP contribution in [0.3, 0.4) is 0 Å². The van der Waals surface area contributed by atoms with E-state index in [-0.39, 0.29) is 57.7 Å². The molecule has 0 aromatic heterocycles. The van der Waals surface area contributed by atoms with E-state index in [0.29, 0.717) is 5.56 Å². The molecule has 0 saturated carbocycles. The molecule has 1 rings (SSSR count). The van der Waals surface area contributed by atoms with Crippen molar-refractivity contribution in [3.63, 3.8) is 0 Å². The third-order valence-corrected chi connectivity index (χ3v) is 3.07. The summed E-state index contributed by atoms with van der Waals surface area (Å²) < 4.78 is 0. The van der Waals surface area contributed by atoms with Gasteiger partial charge < -0.3 is 13.1 Å². The zero-order chi connectivity index (χ0) is 13.1. The second-order valence-electron chi connectivity index (χ2n) is 4.40. The van der Waals surface area contributed by atoms with Crippen molar-refractivity contribution in [3.8, 4) is 0 Å². The summed E-state index contributed by atoms with van der Waals surface area (Å²) in [5, 5.41) is 18.5. The number of hydrogen-bond acceptors (Lipinski definition) is 2.